The summed E-state index contributed by atoms with van der Waals surface area (Å²) in [6.07, 6.45) is 3.98. The standard InChI is InChI=1S/C18H26F2O/c1-17(2,3)13-7-9-18(12-21,10-8-13)11-14-15(19)5-4-6-16(14)20/h4-6,13,21H,7-12H2,1-3H3. The van der Waals surface area contributed by atoms with Crippen LogP contribution in [0.4, 0.5) is 8.78 Å². The third-order valence-corrected chi connectivity index (χ3v) is 5.22. The minimum Gasteiger partial charge on any atom is -0.396 e. The second-order valence-corrected chi connectivity index (χ2v) is 7.68. The zero-order chi connectivity index (χ0) is 15.7. The first-order valence-electron chi connectivity index (χ1n) is 7.81. The normalized spacial score (nSPS) is 26.9. The molecule has 1 saturated carbocycles. The number of hydrogen-bond donors (Lipinski definition) is 1. The largest absolute Gasteiger partial charge is 0.396 e. The maximum absolute atomic E-state index is 13.9. The van der Waals surface area contributed by atoms with Crippen LogP contribution >= 0.6 is 0 Å². The van der Waals surface area contributed by atoms with Crippen molar-refractivity contribution < 1.29 is 13.9 Å². The van der Waals surface area contributed by atoms with Crippen LogP contribution in [0.5, 0.6) is 0 Å². The fraction of sp³-hybridized carbons (Fsp3) is 0.667. The third kappa shape index (κ3) is 3.63. The molecule has 1 aliphatic rings. The van der Waals surface area contributed by atoms with Crippen LogP contribution in [-0.4, -0.2) is 11.7 Å². The molecule has 0 amide bonds. The molecule has 1 N–H and O–H groups in total. The summed E-state index contributed by atoms with van der Waals surface area (Å²) >= 11 is 0. The Balaban J connectivity index is 2.14. The van der Waals surface area contributed by atoms with E-state index in [1.807, 2.05) is 0 Å². The number of hydrogen-bond acceptors (Lipinski definition) is 1. The van der Waals surface area contributed by atoms with Crippen molar-refractivity contribution in [2.45, 2.75) is 52.9 Å². The van der Waals surface area contributed by atoms with E-state index in [2.05, 4.69) is 20.8 Å². The molecule has 1 aliphatic carbocycles. The van der Waals surface area contributed by atoms with E-state index >= 15 is 0 Å². The molecule has 0 aromatic heterocycles. The van der Waals surface area contributed by atoms with Gasteiger partial charge in [-0.2, -0.15) is 0 Å². The van der Waals surface area contributed by atoms with Crippen molar-refractivity contribution in [1.29, 1.82) is 0 Å². The zero-order valence-corrected chi connectivity index (χ0v) is 13.3. The molecule has 0 saturated heterocycles. The van der Waals surface area contributed by atoms with E-state index < -0.39 is 11.6 Å². The van der Waals surface area contributed by atoms with Gasteiger partial charge in [0.2, 0.25) is 0 Å². The highest BCUT2D eigenvalue weighted by molar-refractivity contribution is 5.21. The number of halogens is 2. The fourth-order valence-corrected chi connectivity index (χ4v) is 3.56. The lowest BCUT2D eigenvalue weighted by atomic mass is 9.62. The van der Waals surface area contributed by atoms with E-state index in [1.54, 1.807) is 0 Å². The SMILES string of the molecule is CC(C)(C)C1CCC(CO)(Cc2c(F)cccc2F)CC1. The van der Waals surface area contributed by atoms with Crippen LogP contribution < -0.4 is 0 Å². The van der Waals surface area contributed by atoms with Crippen molar-refractivity contribution >= 4 is 0 Å². The average molecular weight is 296 g/mol. The van der Waals surface area contributed by atoms with E-state index in [0.29, 0.717) is 12.3 Å². The maximum Gasteiger partial charge on any atom is 0.129 e. The van der Waals surface area contributed by atoms with Gasteiger partial charge in [0.1, 0.15) is 11.6 Å². The lowest BCUT2D eigenvalue weighted by Gasteiger charge is -2.43. The molecule has 0 heterocycles. The van der Waals surface area contributed by atoms with E-state index in [1.165, 1.54) is 18.2 Å². The average Bonchev–Trinajstić information content (AvgIpc) is 2.43. The van der Waals surface area contributed by atoms with Crippen LogP contribution in [-0.2, 0) is 6.42 Å². The predicted octanol–water partition coefficient (Wildman–Crippen LogP) is 4.72. The van der Waals surface area contributed by atoms with Gasteiger partial charge in [0, 0.05) is 12.2 Å². The van der Waals surface area contributed by atoms with Gasteiger partial charge < -0.3 is 5.11 Å². The second kappa shape index (κ2) is 6.04. The summed E-state index contributed by atoms with van der Waals surface area (Å²) in [7, 11) is 0. The van der Waals surface area contributed by atoms with Gasteiger partial charge in [-0.15, -0.1) is 0 Å². The molecule has 0 unspecified atom stereocenters. The summed E-state index contributed by atoms with van der Waals surface area (Å²) in [5.41, 5.74) is 0.0103. The zero-order valence-electron chi connectivity index (χ0n) is 13.3. The van der Waals surface area contributed by atoms with Gasteiger partial charge >= 0.3 is 0 Å². The summed E-state index contributed by atoms with van der Waals surface area (Å²) in [4.78, 5) is 0. The van der Waals surface area contributed by atoms with Crippen molar-refractivity contribution in [3.63, 3.8) is 0 Å². The summed E-state index contributed by atoms with van der Waals surface area (Å²) < 4.78 is 27.7. The van der Waals surface area contributed by atoms with Gasteiger partial charge in [0.15, 0.2) is 0 Å². The molecule has 0 bridgehead atoms. The lowest BCUT2D eigenvalue weighted by Crippen LogP contribution is -2.37. The molecule has 0 spiro atoms. The van der Waals surface area contributed by atoms with Gasteiger partial charge in [0.25, 0.3) is 0 Å². The van der Waals surface area contributed by atoms with Crippen molar-refractivity contribution in [3.05, 3.63) is 35.4 Å². The smallest absolute Gasteiger partial charge is 0.129 e. The van der Waals surface area contributed by atoms with Gasteiger partial charge in [0.05, 0.1) is 0 Å². The monoisotopic (exact) mass is 296 g/mol. The van der Waals surface area contributed by atoms with Crippen molar-refractivity contribution in [2.75, 3.05) is 6.61 Å². The van der Waals surface area contributed by atoms with Gasteiger partial charge in [-0.05, 0) is 61.0 Å². The van der Waals surface area contributed by atoms with Crippen LogP contribution in [0.1, 0.15) is 52.0 Å². The molecular formula is C18H26F2O. The Hall–Kier alpha value is -0.960. The van der Waals surface area contributed by atoms with Crippen molar-refractivity contribution in [1.82, 2.24) is 0 Å². The first-order chi connectivity index (χ1) is 9.77. The van der Waals surface area contributed by atoms with E-state index in [9.17, 15) is 13.9 Å². The van der Waals surface area contributed by atoms with Crippen LogP contribution in [0.15, 0.2) is 18.2 Å². The Bertz CT molecular complexity index is 462. The molecule has 0 radical (unpaired) electrons. The molecule has 0 aliphatic heterocycles. The molecular weight excluding hydrogens is 270 g/mol. The quantitative estimate of drug-likeness (QED) is 0.855. The Labute approximate surface area is 126 Å². The predicted molar refractivity (Wildman–Crippen MR) is 81.0 cm³/mol. The number of aliphatic hydroxyl groups is 1. The van der Waals surface area contributed by atoms with Gasteiger partial charge in [-0.3, -0.25) is 0 Å². The molecule has 21 heavy (non-hydrogen) atoms. The number of rotatable bonds is 3. The van der Waals surface area contributed by atoms with Crippen molar-refractivity contribution in [3.8, 4) is 0 Å². The van der Waals surface area contributed by atoms with Crippen LogP contribution in [0, 0.1) is 28.4 Å². The number of benzene rings is 1. The first kappa shape index (κ1) is 16.4. The molecule has 1 aromatic rings. The first-order valence-corrected chi connectivity index (χ1v) is 7.81. The van der Waals surface area contributed by atoms with Crippen LogP contribution in [0.2, 0.25) is 0 Å². The summed E-state index contributed by atoms with van der Waals surface area (Å²) in [5.74, 6) is -0.385. The lowest BCUT2D eigenvalue weighted by molar-refractivity contribution is 0.0357. The second-order valence-electron chi connectivity index (χ2n) is 7.68. The molecule has 1 fully saturated rings. The van der Waals surface area contributed by atoms with E-state index in [4.69, 9.17) is 0 Å². The highest BCUT2D eigenvalue weighted by Crippen LogP contribution is 2.47. The minimum absolute atomic E-state index is 0.00234. The van der Waals surface area contributed by atoms with E-state index in [0.717, 1.165) is 25.7 Å². The number of aliphatic hydroxyl groups excluding tert-OH is 1. The van der Waals surface area contributed by atoms with Crippen molar-refractivity contribution in [2.24, 2.45) is 16.7 Å². The molecule has 1 aromatic carbocycles. The van der Waals surface area contributed by atoms with Gasteiger partial charge in [-0.1, -0.05) is 26.8 Å². The molecule has 0 atom stereocenters. The topological polar surface area (TPSA) is 20.2 Å². The molecule has 3 heteroatoms. The third-order valence-electron chi connectivity index (χ3n) is 5.22. The Morgan fingerprint density at radius 3 is 2.10 bits per heavy atom. The molecule has 1 nitrogen and oxygen atoms in total. The minimum atomic E-state index is -0.499. The molecule has 118 valence electrons. The van der Waals surface area contributed by atoms with Gasteiger partial charge in [-0.25, -0.2) is 8.78 Å². The summed E-state index contributed by atoms with van der Waals surface area (Å²) in [6.45, 7) is 6.71. The van der Waals surface area contributed by atoms with E-state index in [-0.39, 0.29) is 23.0 Å². The fourth-order valence-electron chi connectivity index (χ4n) is 3.56. The summed E-state index contributed by atoms with van der Waals surface area (Å²) in [5, 5.41) is 9.83. The molecule has 2 rings (SSSR count). The Kier molecular flexibility index (Phi) is 4.72. The van der Waals surface area contributed by atoms with Crippen LogP contribution in [0.3, 0.4) is 0 Å². The Morgan fingerprint density at radius 2 is 1.67 bits per heavy atom. The summed E-state index contributed by atoms with van der Waals surface area (Å²) in [6, 6.07) is 3.98. The highest BCUT2D eigenvalue weighted by Gasteiger charge is 2.39. The maximum atomic E-state index is 13.9. The van der Waals surface area contributed by atoms with Crippen LogP contribution in [0.25, 0.3) is 0 Å². The Morgan fingerprint density at radius 1 is 1.14 bits per heavy atom. The highest BCUT2D eigenvalue weighted by atomic mass is 19.1.